The van der Waals surface area contributed by atoms with Crippen LogP contribution in [0.5, 0.6) is 5.75 Å². The molecule has 0 aliphatic heterocycles. The van der Waals surface area contributed by atoms with Crippen molar-refractivity contribution in [1.82, 2.24) is 9.55 Å². The number of carbonyl (C=O) groups is 1. The van der Waals surface area contributed by atoms with Gasteiger partial charge in [-0.25, -0.2) is 9.78 Å². The highest BCUT2D eigenvalue weighted by molar-refractivity contribution is 7.13. The molecule has 0 bridgehead atoms. The Balaban J connectivity index is 1.73. The van der Waals surface area contributed by atoms with Gasteiger partial charge in [-0.1, -0.05) is 12.1 Å². The minimum atomic E-state index is -0.611. The van der Waals surface area contributed by atoms with Gasteiger partial charge >= 0.3 is 5.97 Å². The third-order valence-electron chi connectivity index (χ3n) is 4.80. The van der Waals surface area contributed by atoms with E-state index in [1.54, 1.807) is 11.7 Å². The third kappa shape index (κ3) is 3.74. The van der Waals surface area contributed by atoms with Crippen molar-refractivity contribution in [2.45, 2.75) is 0 Å². The number of nitrogens with zero attached hydrogens (tertiary/aromatic N) is 3. The molecule has 31 heavy (non-hydrogen) atoms. The average molecular weight is 430 g/mol. The maximum absolute atomic E-state index is 12.3. The van der Waals surface area contributed by atoms with Gasteiger partial charge in [-0.2, -0.15) is 5.26 Å². The monoisotopic (exact) mass is 430 g/mol. The molecule has 4 rings (SSSR count). The molecular formula is C23H18N4O3S. The molecular weight excluding hydrogens is 412 g/mol. The number of nitriles is 1. The molecule has 0 fully saturated rings. The second-order valence-electron chi connectivity index (χ2n) is 6.60. The van der Waals surface area contributed by atoms with E-state index in [2.05, 4.69) is 0 Å². The lowest BCUT2D eigenvalue weighted by Gasteiger charge is -2.09. The summed E-state index contributed by atoms with van der Waals surface area (Å²) in [6, 6.07) is 17.2. The molecule has 154 valence electrons. The SMILES string of the molecule is COC(=O)c1c(N)c(C#N)cn1-c1cccc(-c2nc(-c3ccc(OC)cc3)cs2)c1. The van der Waals surface area contributed by atoms with E-state index in [0.717, 1.165) is 27.6 Å². The summed E-state index contributed by atoms with van der Waals surface area (Å²) in [6.45, 7) is 0. The molecule has 0 saturated carbocycles. The van der Waals surface area contributed by atoms with Crippen LogP contribution in [0.2, 0.25) is 0 Å². The molecule has 2 aromatic carbocycles. The number of thiazole rings is 1. The molecule has 7 nitrogen and oxygen atoms in total. The van der Waals surface area contributed by atoms with E-state index in [1.165, 1.54) is 24.6 Å². The number of anilines is 1. The van der Waals surface area contributed by atoms with E-state index in [-0.39, 0.29) is 16.9 Å². The van der Waals surface area contributed by atoms with Gasteiger partial charge in [0.25, 0.3) is 0 Å². The Morgan fingerprint density at radius 2 is 1.94 bits per heavy atom. The van der Waals surface area contributed by atoms with Crippen LogP contribution in [0, 0.1) is 11.3 Å². The van der Waals surface area contributed by atoms with Crippen LogP contribution in [-0.4, -0.2) is 29.7 Å². The normalized spacial score (nSPS) is 10.5. The lowest BCUT2D eigenvalue weighted by molar-refractivity contribution is 0.0593. The predicted octanol–water partition coefficient (Wildman–Crippen LogP) is 4.52. The van der Waals surface area contributed by atoms with E-state index < -0.39 is 5.97 Å². The summed E-state index contributed by atoms with van der Waals surface area (Å²) in [5.41, 5.74) is 9.83. The minimum Gasteiger partial charge on any atom is -0.497 e. The molecule has 2 aromatic heterocycles. The number of hydrogen-bond acceptors (Lipinski definition) is 7. The first-order chi connectivity index (χ1) is 15.0. The summed E-state index contributed by atoms with van der Waals surface area (Å²) < 4.78 is 11.6. The van der Waals surface area contributed by atoms with Gasteiger partial charge in [-0.15, -0.1) is 11.3 Å². The van der Waals surface area contributed by atoms with Gasteiger partial charge in [-0.3, -0.25) is 0 Å². The van der Waals surface area contributed by atoms with Gasteiger partial charge in [0.05, 0.1) is 31.2 Å². The molecule has 4 aromatic rings. The average Bonchev–Trinajstić information content (AvgIpc) is 3.44. The Hall–Kier alpha value is -4.09. The van der Waals surface area contributed by atoms with Crippen molar-refractivity contribution in [3.63, 3.8) is 0 Å². The first-order valence-electron chi connectivity index (χ1n) is 9.25. The third-order valence-corrected chi connectivity index (χ3v) is 5.70. The van der Waals surface area contributed by atoms with Crippen molar-refractivity contribution in [2.75, 3.05) is 20.0 Å². The topological polar surface area (TPSA) is 103 Å². The van der Waals surface area contributed by atoms with Crippen molar-refractivity contribution in [2.24, 2.45) is 0 Å². The summed E-state index contributed by atoms with van der Waals surface area (Å²) in [4.78, 5) is 17.0. The van der Waals surface area contributed by atoms with Crippen molar-refractivity contribution < 1.29 is 14.3 Å². The zero-order valence-electron chi connectivity index (χ0n) is 16.8. The van der Waals surface area contributed by atoms with Crippen LogP contribution < -0.4 is 10.5 Å². The minimum absolute atomic E-state index is 0.0933. The van der Waals surface area contributed by atoms with Gasteiger partial charge in [0.15, 0.2) is 5.69 Å². The number of rotatable bonds is 5. The zero-order chi connectivity index (χ0) is 22.0. The fraction of sp³-hybridized carbons (Fsp3) is 0.0870. The lowest BCUT2D eigenvalue weighted by atomic mass is 10.1. The molecule has 2 heterocycles. The first kappa shape index (κ1) is 20.2. The van der Waals surface area contributed by atoms with Crippen LogP contribution >= 0.6 is 11.3 Å². The fourth-order valence-electron chi connectivity index (χ4n) is 3.21. The van der Waals surface area contributed by atoms with Crippen LogP contribution in [0.25, 0.3) is 27.5 Å². The number of hydrogen-bond donors (Lipinski definition) is 1. The fourth-order valence-corrected chi connectivity index (χ4v) is 4.03. The standard InChI is InChI=1S/C23H18N4O3S/c1-29-18-8-6-14(7-9-18)19-13-31-22(26-19)15-4-3-5-17(10-15)27-12-16(11-24)20(25)21(27)23(28)30-2/h3-10,12-13H,25H2,1-2H3. The lowest BCUT2D eigenvalue weighted by Crippen LogP contribution is -2.11. The molecule has 0 aliphatic rings. The molecule has 0 aliphatic carbocycles. The number of ether oxygens (including phenoxy) is 2. The number of methoxy groups -OCH3 is 2. The van der Waals surface area contributed by atoms with E-state index >= 15 is 0 Å². The number of nitrogens with two attached hydrogens (primary N) is 1. The highest BCUT2D eigenvalue weighted by atomic mass is 32.1. The van der Waals surface area contributed by atoms with E-state index in [1.807, 2.05) is 60.0 Å². The quantitative estimate of drug-likeness (QED) is 0.467. The number of benzene rings is 2. The Morgan fingerprint density at radius 3 is 2.61 bits per heavy atom. The van der Waals surface area contributed by atoms with E-state index in [0.29, 0.717) is 5.69 Å². The summed E-state index contributed by atoms with van der Waals surface area (Å²) >= 11 is 1.52. The maximum Gasteiger partial charge on any atom is 0.357 e. The smallest absolute Gasteiger partial charge is 0.357 e. The number of carbonyl (C=O) groups excluding carboxylic acids is 1. The van der Waals surface area contributed by atoms with Crippen LogP contribution in [-0.2, 0) is 4.74 Å². The molecule has 0 spiro atoms. The second-order valence-corrected chi connectivity index (χ2v) is 7.45. The highest BCUT2D eigenvalue weighted by Gasteiger charge is 2.22. The molecule has 0 saturated heterocycles. The molecule has 0 unspecified atom stereocenters. The molecule has 0 amide bonds. The van der Waals surface area contributed by atoms with Crippen LogP contribution in [0.1, 0.15) is 16.1 Å². The van der Waals surface area contributed by atoms with Crippen molar-refractivity contribution in [3.8, 4) is 39.3 Å². The van der Waals surface area contributed by atoms with E-state index in [4.69, 9.17) is 20.2 Å². The molecule has 0 radical (unpaired) electrons. The summed E-state index contributed by atoms with van der Waals surface area (Å²) in [7, 11) is 2.91. The second kappa shape index (κ2) is 8.34. The van der Waals surface area contributed by atoms with Gasteiger partial charge < -0.3 is 19.8 Å². The Kier molecular flexibility index (Phi) is 5.43. The van der Waals surface area contributed by atoms with Gasteiger partial charge in [-0.05, 0) is 36.4 Å². The molecule has 0 atom stereocenters. The van der Waals surface area contributed by atoms with Crippen molar-refractivity contribution >= 4 is 23.0 Å². The van der Waals surface area contributed by atoms with Crippen molar-refractivity contribution in [1.29, 1.82) is 5.26 Å². The van der Waals surface area contributed by atoms with Crippen LogP contribution in [0.4, 0.5) is 5.69 Å². The number of nitrogen functional groups attached to an aromatic ring is 1. The Bertz CT molecular complexity index is 1300. The Labute approximate surface area is 182 Å². The van der Waals surface area contributed by atoms with E-state index in [9.17, 15) is 10.1 Å². The van der Waals surface area contributed by atoms with Crippen molar-refractivity contribution in [3.05, 3.63) is 71.4 Å². The van der Waals surface area contributed by atoms with Crippen LogP contribution in [0.3, 0.4) is 0 Å². The predicted molar refractivity (Wildman–Crippen MR) is 119 cm³/mol. The molecule has 2 N–H and O–H groups in total. The Morgan fingerprint density at radius 1 is 1.16 bits per heavy atom. The van der Waals surface area contributed by atoms with Crippen LogP contribution in [0.15, 0.2) is 60.1 Å². The number of esters is 1. The molecule has 8 heteroatoms. The largest absolute Gasteiger partial charge is 0.497 e. The summed E-state index contributed by atoms with van der Waals surface area (Å²) in [5, 5.41) is 12.1. The zero-order valence-corrected chi connectivity index (χ0v) is 17.6. The van der Waals surface area contributed by atoms with Gasteiger partial charge in [0.1, 0.15) is 16.8 Å². The highest BCUT2D eigenvalue weighted by Crippen LogP contribution is 2.32. The maximum atomic E-state index is 12.3. The van der Waals surface area contributed by atoms with Gasteiger partial charge in [0.2, 0.25) is 0 Å². The summed E-state index contributed by atoms with van der Waals surface area (Å²) in [6.07, 6.45) is 1.53. The first-order valence-corrected chi connectivity index (χ1v) is 10.1. The summed E-state index contributed by atoms with van der Waals surface area (Å²) in [5.74, 6) is 0.177. The van der Waals surface area contributed by atoms with Gasteiger partial charge in [0, 0.05) is 28.4 Å². The number of aromatic nitrogens is 2.